The van der Waals surface area contributed by atoms with Crippen LogP contribution in [0.5, 0.6) is 0 Å². The van der Waals surface area contributed by atoms with E-state index >= 15 is 0 Å². The first-order chi connectivity index (χ1) is 9.68. The first-order valence-electron chi connectivity index (χ1n) is 6.74. The van der Waals surface area contributed by atoms with Crippen molar-refractivity contribution >= 4 is 22.8 Å². The highest BCUT2D eigenvalue weighted by molar-refractivity contribution is 6.05. The largest absolute Gasteiger partial charge is 0.481 e. The van der Waals surface area contributed by atoms with Gasteiger partial charge < -0.3 is 15.4 Å². The van der Waals surface area contributed by atoms with Crippen molar-refractivity contribution in [1.82, 2.24) is 10.3 Å². The molecular weight excluding hydrogens is 256 g/mol. The molecule has 5 nitrogen and oxygen atoms in total. The Morgan fingerprint density at radius 1 is 1.15 bits per heavy atom. The fraction of sp³-hybridized carbons (Fsp3) is 0.333. The number of amides is 1. The normalized spacial score (nSPS) is 10.6. The summed E-state index contributed by atoms with van der Waals surface area (Å²) in [4.78, 5) is 25.5. The van der Waals surface area contributed by atoms with Crippen molar-refractivity contribution in [2.75, 3.05) is 6.54 Å². The van der Waals surface area contributed by atoms with E-state index in [-0.39, 0.29) is 12.3 Å². The third-order valence-electron chi connectivity index (χ3n) is 3.18. The van der Waals surface area contributed by atoms with Crippen LogP contribution in [0.15, 0.2) is 30.5 Å². The van der Waals surface area contributed by atoms with Gasteiger partial charge in [0.05, 0.1) is 11.1 Å². The van der Waals surface area contributed by atoms with Crippen LogP contribution in [0.4, 0.5) is 0 Å². The molecule has 3 N–H and O–H groups in total. The van der Waals surface area contributed by atoms with Gasteiger partial charge in [0, 0.05) is 24.5 Å². The minimum Gasteiger partial charge on any atom is -0.481 e. The smallest absolute Gasteiger partial charge is 0.303 e. The molecule has 0 aliphatic carbocycles. The molecule has 0 aliphatic heterocycles. The van der Waals surface area contributed by atoms with E-state index in [4.69, 9.17) is 5.11 Å². The van der Waals surface area contributed by atoms with Crippen LogP contribution in [0.1, 0.15) is 36.0 Å². The molecule has 0 atom stereocenters. The number of carbonyl (C=O) groups is 2. The van der Waals surface area contributed by atoms with Crippen LogP contribution in [-0.4, -0.2) is 28.5 Å². The Hall–Kier alpha value is -2.30. The molecule has 2 rings (SSSR count). The monoisotopic (exact) mass is 274 g/mol. The lowest BCUT2D eigenvalue weighted by Gasteiger charge is -2.06. The minimum atomic E-state index is -0.771. The van der Waals surface area contributed by atoms with E-state index in [0.29, 0.717) is 18.5 Å². The standard InChI is InChI=1S/C15H18N2O3/c18-13(19)7-2-1-3-9-17-15(20)12-6-4-5-11-8-10-16-14(11)12/h4-6,8,10,16H,1-3,7,9H2,(H,17,20)(H,18,19). The van der Waals surface area contributed by atoms with Crippen LogP contribution in [0.25, 0.3) is 10.9 Å². The minimum absolute atomic E-state index is 0.101. The predicted molar refractivity (Wildman–Crippen MR) is 76.7 cm³/mol. The van der Waals surface area contributed by atoms with Crippen molar-refractivity contribution in [2.45, 2.75) is 25.7 Å². The summed E-state index contributed by atoms with van der Waals surface area (Å²) in [6.45, 7) is 0.565. The highest BCUT2D eigenvalue weighted by Gasteiger charge is 2.09. The average molecular weight is 274 g/mol. The van der Waals surface area contributed by atoms with E-state index in [9.17, 15) is 9.59 Å². The highest BCUT2D eigenvalue weighted by Crippen LogP contribution is 2.16. The molecule has 5 heteroatoms. The molecule has 0 spiro atoms. The maximum Gasteiger partial charge on any atom is 0.303 e. The molecule has 0 saturated carbocycles. The molecular formula is C15H18N2O3. The summed E-state index contributed by atoms with van der Waals surface area (Å²) in [6, 6.07) is 7.53. The number of hydrogen-bond acceptors (Lipinski definition) is 2. The number of carbonyl (C=O) groups excluding carboxylic acids is 1. The van der Waals surface area contributed by atoms with E-state index in [0.717, 1.165) is 23.7 Å². The number of H-pyrrole nitrogens is 1. The average Bonchev–Trinajstić information content (AvgIpc) is 2.90. The molecule has 1 aromatic carbocycles. The number of rotatable bonds is 7. The Kier molecular flexibility index (Phi) is 4.76. The molecule has 106 valence electrons. The fourth-order valence-electron chi connectivity index (χ4n) is 2.15. The van der Waals surface area contributed by atoms with Crippen molar-refractivity contribution < 1.29 is 14.7 Å². The number of carboxylic acid groups (broad SMARTS) is 1. The van der Waals surface area contributed by atoms with Gasteiger partial charge in [-0.2, -0.15) is 0 Å². The zero-order valence-corrected chi connectivity index (χ0v) is 11.2. The lowest BCUT2D eigenvalue weighted by molar-refractivity contribution is -0.137. The molecule has 20 heavy (non-hydrogen) atoms. The van der Waals surface area contributed by atoms with Crippen molar-refractivity contribution in [3.63, 3.8) is 0 Å². The van der Waals surface area contributed by atoms with Crippen LogP contribution in [0.2, 0.25) is 0 Å². The van der Waals surface area contributed by atoms with E-state index < -0.39 is 5.97 Å². The van der Waals surface area contributed by atoms with Gasteiger partial charge in [-0.15, -0.1) is 0 Å². The van der Waals surface area contributed by atoms with Gasteiger partial charge in [0.1, 0.15) is 0 Å². The van der Waals surface area contributed by atoms with Crippen molar-refractivity contribution in [2.24, 2.45) is 0 Å². The number of benzene rings is 1. The fourth-order valence-corrected chi connectivity index (χ4v) is 2.15. The van der Waals surface area contributed by atoms with Gasteiger partial charge in [-0.05, 0) is 25.0 Å². The SMILES string of the molecule is O=C(O)CCCCCNC(=O)c1cccc2cc[nH]c12. The second-order valence-corrected chi connectivity index (χ2v) is 4.71. The summed E-state index contributed by atoms with van der Waals surface area (Å²) in [5.41, 5.74) is 1.48. The number of aromatic nitrogens is 1. The number of nitrogens with one attached hydrogen (secondary N) is 2. The Bertz CT molecular complexity index is 604. The molecule has 2 aromatic rings. The van der Waals surface area contributed by atoms with E-state index in [2.05, 4.69) is 10.3 Å². The van der Waals surface area contributed by atoms with E-state index in [1.165, 1.54) is 0 Å². The van der Waals surface area contributed by atoms with Crippen molar-refractivity contribution in [3.8, 4) is 0 Å². The van der Waals surface area contributed by atoms with Gasteiger partial charge in [0.2, 0.25) is 0 Å². The number of aliphatic carboxylic acids is 1. The van der Waals surface area contributed by atoms with Gasteiger partial charge in [-0.1, -0.05) is 18.6 Å². The summed E-state index contributed by atoms with van der Waals surface area (Å²) < 4.78 is 0. The zero-order valence-electron chi connectivity index (χ0n) is 11.2. The van der Waals surface area contributed by atoms with Crippen LogP contribution in [0.3, 0.4) is 0 Å². The zero-order chi connectivity index (χ0) is 14.4. The molecule has 0 saturated heterocycles. The Labute approximate surface area is 117 Å². The van der Waals surface area contributed by atoms with E-state index in [1.54, 1.807) is 6.07 Å². The predicted octanol–water partition coefficient (Wildman–Crippen LogP) is 2.54. The van der Waals surface area contributed by atoms with Crippen LogP contribution < -0.4 is 5.32 Å². The number of fused-ring (bicyclic) bond motifs is 1. The molecule has 1 heterocycles. The lowest BCUT2D eigenvalue weighted by atomic mass is 10.1. The Morgan fingerprint density at radius 2 is 2.00 bits per heavy atom. The number of carboxylic acids is 1. The number of para-hydroxylation sites is 1. The first kappa shape index (κ1) is 14.1. The molecule has 1 amide bonds. The van der Waals surface area contributed by atoms with Gasteiger partial charge >= 0.3 is 5.97 Å². The van der Waals surface area contributed by atoms with Gasteiger partial charge in [0.25, 0.3) is 5.91 Å². The second-order valence-electron chi connectivity index (χ2n) is 4.71. The number of hydrogen-bond donors (Lipinski definition) is 3. The van der Waals surface area contributed by atoms with Gasteiger partial charge in [-0.3, -0.25) is 9.59 Å². The topological polar surface area (TPSA) is 82.2 Å². The summed E-state index contributed by atoms with van der Waals surface area (Å²) in [6.07, 6.45) is 4.25. The van der Waals surface area contributed by atoms with E-state index in [1.807, 2.05) is 24.4 Å². The third kappa shape index (κ3) is 3.60. The van der Waals surface area contributed by atoms with Crippen LogP contribution >= 0.6 is 0 Å². The quantitative estimate of drug-likeness (QED) is 0.678. The molecule has 0 aliphatic rings. The molecule has 0 fully saturated rings. The van der Waals surface area contributed by atoms with Crippen molar-refractivity contribution in [3.05, 3.63) is 36.0 Å². The summed E-state index contributed by atoms with van der Waals surface area (Å²) in [5, 5.41) is 12.4. The van der Waals surface area contributed by atoms with Crippen LogP contribution in [0, 0.1) is 0 Å². The summed E-state index contributed by atoms with van der Waals surface area (Å²) in [7, 11) is 0. The second kappa shape index (κ2) is 6.75. The molecule has 1 aromatic heterocycles. The number of aromatic amines is 1. The van der Waals surface area contributed by atoms with Gasteiger partial charge in [-0.25, -0.2) is 0 Å². The number of unbranched alkanes of at least 4 members (excludes halogenated alkanes) is 2. The maximum absolute atomic E-state index is 12.1. The Morgan fingerprint density at radius 3 is 2.80 bits per heavy atom. The molecule has 0 unspecified atom stereocenters. The van der Waals surface area contributed by atoms with Crippen LogP contribution in [-0.2, 0) is 4.79 Å². The molecule has 0 radical (unpaired) electrons. The summed E-state index contributed by atoms with van der Waals surface area (Å²) in [5.74, 6) is -0.872. The summed E-state index contributed by atoms with van der Waals surface area (Å²) >= 11 is 0. The lowest BCUT2D eigenvalue weighted by Crippen LogP contribution is -2.24. The first-order valence-corrected chi connectivity index (χ1v) is 6.74. The van der Waals surface area contributed by atoms with Crippen molar-refractivity contribution in [1.29, 1.82) is 0 Å². The maximum atomic E-state index is 12.1. The Balaban J connectivity index is 1.80. The third-order valence-corrected chi connectivity index (χ3v) is 3.18. The highest BCUT2D eigenvalue weighted by atomic mass is 16.4. The van der Waals surface area contributed by atoms with Gasteiger partial charge in [0.15, 0.2) is 0 Å². The molecule has 0 bridgehead atoms.